The van der Waals surface area contributed by atoms with Crippen LogP contribution in [0.2, 0.25) is 0 Å². The first-order chi connectivity index (χ1) is 2.50. The molecule has 0 unspecified atom stereocenters. The summed E-state index contributed by atoms with van der Waals surface area (Å²) in [6, 6.07) is 0. The van der Waals surface area contributed by atoms with E-state index in [-0.39, 0.29) is 7.43 Å². The maximum Gasteiger partial charge on any atom is 0.657 e. The Morgan fingerprint density at radius 2 is 1.67 bits per heavy atom. The Balaban J connectivity index is 0.000000250. The third kappa shape index (κ3) is 1.01. The van der Waals surface area contributed by atoms with Gasteiger partial charge < -0.3 is 9.31 Å². The summed E-state index contributed by atoms with van der Waals surface area (Å²) >= 11 is 0. The van der Waals surface area contributed by atoms with Crippen LogP contribution in [-0.2, 0) is 9.31 Å². The van der Waals surface area contributed by atoms with Gasteiger partial charge in [0.1, 0.15) is 0 Å². The minimum absolute atomic E-state index is 0. The standard InChI is InChI=1S/C2H2BO2.CH4/c1-2-5-3-4-1;/h1-2H;1H4. The fourth-order valence-corrected chi connectivity index (χ4v) is 0.160. The molecule has 0 amide bonds. The molecule has 0 bridgehead atoms. The molecule has 6 heavy (non-hydrogen) atoms. The van der Waals surface area contributed by atoms with Gasteiger partial charge in [-0.05, 0) is 0 Å². The molecule has 0 N–H and O–H groups in total. The second-order valence-electron chi connectivity index (χ2n) is 0.641. The van der Waals surface area contributed by atoms with Crippen LogP contribution in [0.5, 0.6) is 0 Å². The van der Waals surface area contributed by atoms with Gasteiger partial charge in [-0.3, -0.25) is 0 Å². The van der Waals surface area contributed by atoms with E-state index in [9.17, 15) is 0 Å². The van der Waals surface area contributed by atoms with E-state index < -0.39 is 0 Å². The van der Waals surface area contributed by atoms with E-state index in [0.717, 1.165) is 0 Å². The molecule has 3 heteroatoms. The maximum atomic E-state index is 4.42. The van der Waals surface area contributed by atoms with Crippen LogP contribution in [0.4, 0.5) is 0 Å². The van der Waals surface area contributed by atoms with Gasteiger partial charge in [-0.25, -0.2) is 0 Å². The Kier molecular flexibility index (Phi) is 2.37. The molecule has 0 aromatic heterocycles. The van der Waals surface area contributed by atoms with Crippen LogP contribution in [0.1, 0.15) is 7.43 Å². The Morgan fingerprint density at radius 3 is 1.83 bits per heavy atom. The van der Waals surface area contributed by atoms with Crippen molar-refractivity contribution in [3.05, 3.63) is 12.5 Å². The molecule has 0 aromatic rings. The van der Waals surface area contributed by atoms with Gasteiger partial charge in [-0.1, -0.05) is 7.43 Å². The Bertz CT molecular complexity index is 46.8. The summed E-state index contributed by atoms with van der Waals surface area (Å²) in [4.78, 5) is 0. The highest BCUT2D eigenvalue weighted by Crippen LogP contribution is 1.85. The van der Waals surface area contributed by atoms with E-state index in [4.69, 9.17) is 0 Å². The first-order valence-corrected chi connectivity index (χ1v) is 1.28. The lowest BCUT2D eigenvalue weighted by atomic mass is 10.4. The van der Waals surface area contributed by atoms with Gasteiger partial charge >= 0.3 is 7.69 Å². The average molecular weight is 84.9 g/mol. The molecule has 0 spiro atoms. The van der Waals surface area contributed by atoms with Crippen molar-refractivity contribution in [1.29, 1.82) is 0 Å². The topological polar surface area (TPSA) is 18.5 Å². The van der Waals surface area contributed by atoms with Crippen molar-refractivity contribution in [3.8, 4) is 0 Å². The van der Waals surface area contributed by atoms with Crippen molar-refractivity contribution in [1.82, 2.24) is 0 Å². The predicted octanol–water partition coefficient (Wildman–Crippen LogP) is 0.675. The largest absolute Gasteiger partial charge is 0.657 e. The fourth-order valence-electron chi connectivity index (χ4n) is 0.160. The van der Waals surface area contributed by atoms with Gasteiger partial charge in [0.15, 0.2) is 0 Å². The van der Waals surface area contributed by atoms with E-state index >= 15 is 0 Å². The first-order valence-electron chi connectivity index (χ1n) is 1.28. The second kappa shape index (κ2) is 2.63. The second-order valence-corrected chi connectivity index (χ2v) is 0.641. The Hall–Kier alpha value is -0.595. The molecular weight excluding hydrogens is 78.8 g/mol. The third-order valence-corrected chi connectivity index (χ3v) is 0.324. The van der Waals surface area contributed by atoms with Crippen molar-refractivity contribution in [2.75, 3.05) is 0 Å². The van der Waals surface area contributed by atoms with Crippen LogP contribution in [0.25, 0.3) is 0 Å². The Labute approximate surface area is 38.1 Å². The normalized spacial score (nSPS) is 13.3. The first kappa shape index (κ1) is 5.40. The molecule has 33 valence electrons. The molecule has 0 saturated carbocycles. The van der Waals surface area contributed by atoms with Gasteiger partial charge in [-0.2, -0.15) is 0 Å². The van der Waals surface area contributed by atoms with E-state index in [1.165, 1.54) is 20.2 Å². The third-order valence-electron chi connectivity index (χ3n) is 0.324. The van der Waals surface area contributed by atoms with Gasteiger partial charge in [-0.15, -0.1) is 0 Å². The number of rotatable bonds is 0. The SMILES string of the molecule is C.[B]1OC=CO1. The summed E-state index contributed by atoms with van der Waals surface area (Å²) < 4.78 is 8.83. The van der Waals surface area contributed by atoms with Gasteiger partial charge in [0.05, 0.1) is 12.5 Å². The quantitative estimate of drug-likeness (QED) is 0.402. The fraction of sp³-hybridized carbons (Fsp3) is 0.333. The van der Waals surface area contributed by atoms with Crippen LogP contribution >= 0.6 is 0 Å². The zero-order valence-electron chi connectivity index (χ0n) is 2.55. The number of hydrogen-bond donors (Lipinski definition) is 0. The zero-order valence-corrected chi connectivity index (χ0v) is 2.55. The highest BCUT2D eigenvalue weighted by molar-refractivity contribution is 6.19. The van der Waals surface area contributed by atoms with Crippen molar-refractivity contribution in [3.63, 3.8) is 0 Å². The van der Waals surface area contributed by atoms with Crippen molar-refractivity contribution < 1.29 is 9.31 Å². The van der Waals surface area contributed by atoms with Crippen LogP contribution < -0.4 is 0 Å². The van der Waals surface area contributed by atoms with Crippen LogP contribution in [0.15, 0.2) is 12.5 Å². The molecule has 2 nitrogen and oxygen atoms in total. The summed E-state index contributed by atoms with van der Waals surface area (Å²) in [6.07, 6.45) is 2.92. The summed E-state index contributed by atoms with van der Waals surface area (Å²) in [5.74, 6) is 0. The summed E-state index contributed by atoms with van der Waals surface area (Å²) in [6.45, 7) is 0. The highest BCUT2D eigenvalue weighted by atomic mass is 16.6. The molecule has 0 aliphatic carbocycles. The number of hydrogen-bond acceptors (Lipinski definition) is 2. The molecule has 0 atom stereocenters. The van der Waals surface area contributed by atoms with E-state index in [2.05, 4.69) is 9.31 Å². The minimum Gasteiger partial charge on any atom is -0.530 e. The van der Waals surface area contributed by atoms with Gasteiger partial charge in [0.2, 0.25) is 0 Å². The summed E-state index contributed by atoms with van der Waals surface area (Å²) in [5.41, 5.74) is 0. The zero-order chi connectivity index (χ0) is 3.54. The van der Waals surface area contributed by atoms with Crippen molar-refractivity contribution in [2.45, 2.75) is 7.43 Å². The summed E-state index contributed by atoms with van der Waals surface area (Å²) in [7, 11) is 1.25. The molecule has 0 fully saturated rings. The van der Waals surface area contributed by atoms with E-state index in [1.54, 1.807) is 0 Å². The van der Waals surface area contributed by atoms with E-state index in [0.29, 0.717) is 0 Å². The average Bonchev–Trinajstić information content (AvgIpc) is 1.76. The predicted molar refractivity (Wildman–Crippen MR) is 23.8 cm³/mol. The molecular formula is C3H6BO2. The monoisotopic (exact) mass is 85.0 g/mol. The van der Waals surface area contributed by atoms with Crippen molar-refractivity contribution >= 4 is 7.69 Å². The maximum absolute atomic E-state index is 4.42. The van der Waals surface area contributed by atoms with Gasteiger partial charge in [0, 0.05) is 0 Å². The molecule has 1 aliphatic rings. The lowest BCUT2D eigenvalue weighted by Crippen LogP contribution is -1.82. The highest BCUT2D eigenvalue weighted by Gasteiger charge is 1.93. The summed E-state index contributed by atoms with van der Waals surface area (Å²) in [5, 5.41) is 0. The molecule has 0 saturated heterocycles. The minimum atomic E-state index is 0. The van der Waals surface area contributed by atoms with Crippen LogP contribution in [-0.4, -0.2) is 7.69 Å². The lowest BCUT2D eigenvalue weighted by Gasteiger charge is -1.75. The Morgan fingerprint density at radius 1 is 1.17 bits per heavy atom. The van der Waals surface area contributed by atoms with Crippen LogP contribution in [0.3, 0.4) is 0 Å². The molecule has 1 aliphatic heterocycles. The van der Waals surface area contributed by atoms with E-state index in [1.807, 2.05) is 0 Å². The smallest absolute Gasteiger partial charge is 0.530 e. The molecule has 0 aromatic carbocycles. The molecule has 1 rings (SSSR count). The molecule has 1 radical (unpaired) electrons. The van der Waals surface area contributed by atoms with Crippen LogP contribution in [0, 0.1) is 0 Å². The van der Waals surface area contributed by atoms with Crippen molar-refractivity contribution in [2.24, 2.45) is 0 Å². The lowest BCUT2D eigenvalue weighted by molar-refractivity contribution is 0.444. The van der Waals surface area contributed by atoms with Gasteiger partial charge in [0.25, 0.3) is 0 Å². The molecule has 1 heterocycles.